The fourth-order valence-electron chi connectivity index (χ4n) is 4.10. The molecule has 12 heteroatoms. The minimum atomic E-state index is -1.38. The molecule has 0 aromatic carbocycles. The maximum absolute atomic E-state index is 12.8. The SMILES string of the molecule is CN1CCCC[C@@H]1C(=O)N[C@@H]1[C@@H](O)[C@H](O)[C@@H](Nc2ncnc3nc[nH]c23)O[C@H]1CO. The fraction of sp³-hybridized carbons (Fsp3) is 0.667. The van der Waals surface area contributed by atoms with Crippen molar-refractivity contribution in [2.24, 2.45) is 0 Å². The molecule has 1 amide bonds. The fourth-order valence-corrected chi connectivity index (χ4v) is 4.10. The minimum absolute atomic E-state index is 0.253. The third-order valence-electron chi connectivity index (χ3n) is 5.81. The molecule has 0 saturated carbocycles. The summed E-state index contributed by atoms with van der Waals surface area (Å²) < 4.78 is 5.78. The summed E-state index contributed by atoms with van der Waals surface area (Å²) in [5.41, 5.74) is 0.942. The first-order chi connectivity index (χ1) is 14.5. The number of aromatic nitrogens is 4. The van der Waals surface area contributed by atoms with E-state index < -0.39 is 37.2 Å². The zero-order chi connectivity index (χ0) is 21.3. The number of ether oxygens (including phenoxy) is 1. The van der Waals surface area contributed by atoms with Crippen LogP contribution in [0.5, 0.6) is 0 Å². The molecular formula is C18H27N7O5. The van der Waals surface area contributed by atoms with E-state index in [1.54, 1.807) is 0 Å². The van der Waals surface area contributed by atoms with Gasteiger partial charge in [-0.25, -0.2) is 15.0 Å². The lowest BCUT2D eigenvalue weighted by Gasteiger charge is -2.43. The predicted molar refractivity (Wildman–Crippen MR) is 105 cm³/mol. The Morgan fingerprint density at radius 3 is 2.90 bits per heavy atom. The van der Waals surface area contributed by atoms with E-state index in [2.05, 4.69) is 30.6 Å². The van der Waals surface area contributed by atoms with Crippen LogP contribution in [-0.2, 0) is 9.53 Å². The van der Waals surface area contributed by atoms with Crippen molar-refractivity contribution in [3.8, 4) is 0 Å². The highest BCUT2D eigenvalue weighted by Gasteiger charge is 2.46. The third-order valence-corrected chi connectivity index (χ3v) is 5.81. The Bertz CT molecular complexity index is 877. The van der Waals surface area contributed by atoms with Gasteiger partial charge in [-0.3, -0.25) is 9.69 Å². The van der Waals surface area contributed by atoms with Crippen molar-refractivity contribution >= 4 is 22.9 Å². The van der Waals surface area contributed by atoms with Crippen LogP contribution in [0, 0.1) is 0 Å². The number of aliphatic hydroxyl groups is 3. The normalized spacial score (nSPS) is 32.8. The Hall–Kier alpha value is -2.38. The van der Waals surface area contributed by atoms with Gasteiger partial charge in [-0.2, -0.15) is 0 Å². The second kappa shape index (κ2) is 8.78. The van der Waals surface area contributed by atoms with Gasteiger partial charge in [-0.1, -0.05) is 6.42 Å². The second-order valence-electron chi connectivity index (χ2n) is 7.75. The van der Waals surface area contributed by atoms with E-state index in [1.807, 2.05) is 11.9 Å². The number of nitrogens with one attached hydrogen (secondary N) is 3. The van der Waals surface area contributed by atoms with Crippen molar-refractivity contribution in [1.29, 1.82) is 0 Å². The lowest BCUT2D eigenvalue weighted by atomic mass is 9.94. The predicted octanol–water partition coefficient (Wildman–Crippen LogP) is -1.83. The quantitative estimate of drug-likeness (QED) is 0.323. The first-order valence-electron chi connectivity index (χ1n) is 10.0. The molecule has 0 radical (unpaired) electrons. The number of hydrogen-bond acceptors (Lipinski definition) is 10. The van der Waals surface area contributed by atoms with Gasteiger partial charge >= 0.3 is 0 Å². The number of piperidine rings is 1. The molecule has 2 aromatic rings. The van der Waals surface area contributed by atoms with Gasteiger partial charge in [0.25, 0.3) is 0 Å². The van der Waals surface area contributed by atoms with E-state index in [0.717, 1.165) is 25.8 Å². The molecule has 12 nitrogen and oxygen atoms in total. The van der Waals surface area contributed by atoms with Crippen LogP contribution >= 0.6 is 0 Å². The molecule has 2 aliphatic heterocycles. The number of carbonyl (C=O) groups excluding carboxylic acids is 1. The van der Waals surface area contributed by atoms with Gasteiger partial charge < -0.3 is 35.7 Å². The van der Waals surface area contributed by atoms with Gasteiger partial charge in [0.2, 0.25) is 5.91 Å². The number of H-pyrrole nitrogens is 1. The highest BCUT2D eigenvalue weighted by molar-refractivity contribution is 5.82. The third kappa shape index (κ3) is 3.96. The number of hydrogen-bond donors (Lipinski definition) is 6. The molecule has 4 rings (SSSR count). The Labute approximate surface area is 172 Å². The molecule has 0 spiro atoms. The van der Waals surface area contributed by atoms with Gasteiger partial charge in [0, 0.05) is 0 Å². The van der Waals surface area contributed by atoms with Crippen LogP contribution in [0.1, 0.15) is 19.3 Å². The topological polar surface area (TPSA) is 169 Å². The number of anilines is 1. The summed E-state index contributed by atoms with van der Waals surface area (Å²) in [6, 6.07) is -1.27. The summed E-state index contributed by atoms with van der Waals surface area (Å²) in [7, 11) is 1.88. The lowest BCUT2D eigenvalue weighted by Crippen LogP contribution is -2.67. The molecule has 2 saturated heterocycles. The summed E-state index contributed by atoms with van der Waals surface area (Å²) in [5, 5.41) is 36.8. The Morgan fingerprint density at radius 1 is 1.30 bits per heavy atom. The summed E-state index contributed by atoms with van der Waals surface area (Å²) in [6.45, 7) is 0.373. The van der Waals surface area contributed by atoms with Crippen LogP contribution in [0.2, 0.25) is 0 Å². The van der Waals surface area contributed by atoms with Crippen molar-refractivity contribution in [1.82, 2.24) is 30.2 Å². The number of carbonyl (C=O) groups is 1. The first-order valence-corrected chi connectivity index (χ1v) is 10.0. The number of aliphatic hydroxyl groups excluding tert-OH is 3. The first kappa shape index (κ1) is 20.9. The Kier molecular flexibility index (Phi) is 6.11. The van der Waals surface area contributed by atoms with Crippen LogP contribution in [-0.4, -0.2) is 103 Å². The highest BCUT2D eigenvalue weighted by Crippen LogP contribution is 2.25. The molecular weight excluding hydrogens is 394 g/mol. The number of aromatic amines is 1. The monoisotopic (exact) mass is 421 g/mol. The number of nitrogens with zero attached hydrogens (tertiary/aromatic N) is 4. The van der Waals surface area contributed by atoms with Crippen LogP contribution in [0.25, 0.3) is 11.2 Å². The smallest absolute Gasteiger partial charge is 0.237 e. The zero-order valence-corrected chi connectivity index (χ0v) is 16.6. The van der Waals surface area contributed by atoms with Gasteiger partial charge in [-0.15, -0.1) is 0 Å². The van der Waals surface area contributed by atoms with Gasteiger partial charge in [0.1, 0.15) is 30.2 Å². The Morgan fingerprint density at radius 2 is 2.13 bits per heavy atom. The number of rotatable bonds is 5. The molecule has 164 valence electrons. The lowest BCUT2D eigenvalue weighted by molar-refractivity contribution is -0.186. The summed E-state index contributed by atoms with van der Waals surface area (Å²) in [5.74, 6) is 0.0774. The molecule has 30 heavy (non-hydrogen) atoms. The van der Waals surface area contributed by atoms with Gasteiger partial charge in [0.05, 0.1) is 25.0 Å². The van der Waals surface area contributed by atoms with Crippen molar-refractivity contribution in [2.45, 2.75) is 55.9 Å². The van der Waals surface area contributed by atoms with E-state index in [0.29, 0.717) is 17.0 Å². The van der Waals surface area contributed by atoms with E-state index in [9.17, 15) is 20.1 Å². The highest BCUT2D eigenvalue weighted by atomic mass is 16.5. The molecule has 0 unspecified atom stereocenters. The van der Waals surface area contributed by atoms with E-state index >= 15 is 0 Å². The number of likely N-dealkylation sites (tertiary alicyclic amines) is 1. The van der Waals surface area contributed by atoms with Crippen LogP contribution in [0.3, 0.4) is 0 Å². The Balaban J connectivity index is 1.47. The van der Waals surface area contributed by atoms with E-state index in [1.165, 1.54) is 12.7 Å². The minimum Gasteiger partial charge on any atom is -0.394 e. The van der Waals surface area contributed by atoms with Crippen molar-refractivity contribution in [3.63, 3.8) is 0 Å². The maximum atomic E-state index is 12.8. The molecule has 2 aliphatic rings. The average Bonchev–Trinajstić information content (AvgIpc) is 3.23. The molecule has 2 aromatic heterocycles. The molecule has 2 fully saturated rings. The average molecular weight is 421 g/mol. The summed E-state index contributed by atoms with van der Waals surface area (Å²) in [6.07, 6.45) is 0.753. The largest absolute Gasteiger partial charge is 0.394 e. The number of imidazole rings is 1. The van der Waals surface area contributed by atoms with Gasteiger partial charge in [0.15, 0.2) is 17.7 Å². The molecule has 6 atom stereocenters. The second-order valence-corrected chi connectivity index (χ2v) is 7.75. The number of likely N-dealkylation sites (N-methyl/N-ethyl adjacent to an activating group) is 1. The summed E-state index contributed by atoms with van der Waals surface area (Å²) >= 11 is 0. The van der Waals surface area contributed by atoms with Crippen LogP contribution in [0.15, 0.2) is 12.7 Å². The van der Waals surface area contributed by atoms with Gasteiger partial charge in [-0.05, 0) is 26.4 Å². The molecule has 0 aliphatic carbocycles. The zero-order valence-electron chi connectivity index (χ0n) is 16.6. The van der Waals surface area contributed by atoms with Crippen molar-refractivity contribution in [2.75, 3.05) is 25.5 Å². The standard InChI is InChI=1S/C18H27N7O5/c1-25-5-3-2-4-9(25)17(29)23-11-10(6-26)30-18(14(28)13(11)27)24-16-12-15(20-7-19-12)21-8-22-16/h7-11,13-14,18,26-28H,2-6H2,1H3,(H,23,29)(H2,19,20,21,22,24)/t9-,10+,11+,13-,14+,18+/m1/s1. The van der Waals surface area contributed by atoms with Crippen molar-refractivity contribution in [3.05, 3.63) is 12.7 Å². The maximum Gasteiger partial charge on any atom is 0.237 e. The van der Waals surface area contributed by atoms with Crippen LogP contribution < -0.4 is 10.6 Å². The van der Waals surface area contributed by atoms with Crippen LogP contribution in [0.4, 0.5) is 5.82 Å². The van der Waals surface area contributed by atoms with E-state index in [-0.39, 0.29) is 11.9 Å². The van der Waals surface area contributed by atoms with Crippen molar-refractivity contribution < 1.29 is 24.9 Å². The molecule has 0 bridgehead atoms. The summed E-state index contributed by atoms with van der Waals surface area (Å²) in [4.78, 5) is 29.8. The van der Waals surface area contributed by atoms with E-state index in [4.69, 9.17) is 4.74 Å². The molecule has 4 heterocycles. The number of amides is 1. The molecule has 6 N–H and O–H groups in total. The number of fused-ring (bicyclic) bond motifs is 1.